The number of phenolic OH excluding ortho intramolecular Hbond substituents is 1. The molecule has 802 valence electrons. The molecule has 0 spiro atoms. The number of aliphatic carboxylic acids is 1. The molecule has 48 nitrogen and oxygen atoms in total. The zero-order valence-electron chi connectivity index (χ0n) is 83.4. The standard InChI is InChI=1S/C96H144N26O22S2/c1-50(2)41-60(98)78(127)117-75(51(3)4)88(137)109-62(26-16-36-103-95(99)100)79(128)106-46-74(126)108-69-48-145-146-49-70(85(134)112-65(42-55-21-10-9-11-22-55)81(130)118-76(52(5)6)89(138)111-64(94(143)144)27-17-37-104-96(101)102)116-87(136)72-29-18-38-120(72)91(140)53(7)107-86(135)71-28-19-39-121(71)93(142)73-30-20-40-122(73)92(141)67(43-56-31-33-58(125)34-32-56)114-83(132)68(47-123)115-80(129)63(25-14-15-35-97)110-90(139)77(54(8)124)119-82(131)66(113-84(69)133)44-57-45-105-61-24-13-12-23-59(57)61/h9-13,21-24,31-34,45,50-54,60,62-73,75-77,105,123-125H,14-20,25-30,35-44,46-49,97-98H2,1-8H3,(H,106,128)(H,107,135)(H,108,126)(H,109,137)(H,110,139)(H,111,138)(H,112,134)(H,113,133)(H,114,132)(H,115,129)(H,116,136)(H,117,127)(H,118,130)(H,119,131)(H,143,144)(H4,99,100,103)(H4,101,102,104)/t53-,54+,60-,62-,63-,64-,65-,66-,67-,68-,69-,70-,71-,72-,73-,75-,76-,77-/m0/s1. The number of aromatic amines is 1. The number of H-pyrrole nitrogens is 1. The summed E-state index contributed by atoms with van der Waals surface area (Å²) in [4.78, 5) is 273. The molecule has 8 rings (SSSR count). The summed E-state index contributed by atoms with van der Waals surface area (Å²) in [5.74, 6) is -20.9. The van der Waals surface area contributed by atoms with E-state index in [4.69, 9.17) is 33.8 Å². The monoisotopic (exact) mass is 2080 g/mol. The molecule has 146 heavy (non-hydrogen) atoms. The number of nitrogens with one attached hydrogen (secondary N) is 19. The van der Waals surface area contributed by atoms with Crippen LogP contribution in [0.3, 0.4) is 0 Å². The fourth-order valence-electron chi connectivity index (χ4n) is 17.4. The molecule has 4 aliphatic rings. The van der Waals surface area contributed by atoms with Crippen molar-refractivity contribution in [1.82, 2.24) is 105 Å². The molecule has 0 unspecified atom stereocenters. The van der Waals surface area contributed by atoms with Crippen molar-refractivity contribution in [2.45, 2.75) is 273 Å². The molecule has 18 atom stereocenters. The molecule has 0 radical (unpaired) electrons. The zero-order valence-corrected chi connectivity index (χ0v) is 85.0. The summed E-state index contributed by atoms with van der Waals surface area (Å²) < 4.78 is 0. The number of hydrogen-bond donors (Lipinski definition) is 27. The Kier molecular flexibility index (Phi) is 46.8. The minimum absolute atomic E-state index is 0.00390. The first kappa shape index (κ1) is 118. The third-order valence-electron chi connectivity index (χ3n) is 25.4. The highest BCUT2D eigenvalue weighted by Crippen LogP contribution is 2.30. The molecular formula is C96H144N26O22S2. The summed E-state index contributed by atoms with van der Waals surface area (Å²) in [5.41, 5.74) is 24.9. The molecule has 4 aliphatic heterocycles. The minimum atomic E-state index is -2.01. The van der Waals surface area contributed by atoms with Gasteiger partial charge in [0, 0.05) is 80.6 Å². The predicted octanol–water partition coefficient (Wildman–Crippen LogP) is -4.49. The average Bonchev–Trinajstić information content (AvgIpc) is 1.65. The van der Waals surface area contributed by atoms with Gasteiger partial charge in [0.25, 0.3) is 0 Å². The van der Waals surface area contributed by atoms with Crippen molar-refractivity contribution >= 4 is 151 Å². The average molecular weight is 2080 g/mol. The lowest BCUT2D eigenvalue weighted by Gasteiger charge is -2.34. The van der Waals surface area contributed by atoms with E-state index in [2.05, 4.69) is 90.1 Å². The third-order valence-corrected chi connectivity index (χ3v) is 27.8. The van der Waals surface area contributed by atoms with Crippen LogP contribution in [-0.4, -0.2) is 331 Å². The highest BCUT2D eigenvalue weighted by molar-refractivity contribution is 8.76. The lowest BCUT2D eigenvalue weighted by molar-refractivity contribution is -0.148. The maximum Gasteiger partial charge on any atom is 0.326 e. The molecule has 1 aromatic heterocycles. The molecule has 0 saturated carbocycles. The van der Waals surface area contributed by atoms with Crippen LogP contribution in [0.25, 0.3) is 10.9 Å². The van der Waals surface area contributed by atoms with Gasteiger partial charge in [-0.15, -0.1) is 0 Å². The maximum absolute atomic E-state index is 15.7. The second-order valence-corrected chi connectivity index (χ2v) is 40.6. The molecule has 0 aliphatic carbocycles. The fraction of sp³-hybridized carbons (Fsp3) is 0.583. The minimum Gasteiger partial charge on any atom is -0.508 e. The molecule has 17 amide bonds. The van der Waals surface area contributed by atoms with Gasteiger partial charge in [-0.3, -0.25) is 92.3 Å². The number of carboxylic acid groups (broad SMARTS) is 1. The van der Waals surface area contributed by atoms with Gasteiger partial charge >= 0.3 is 5.97 Å². The molecule has 4 saturated heterocycles. The van der Waals surface area contributed by atoms with E-state index in [0.717, 1.165) is 28.5 Å². The number of aliphatic hydroxyl groups is 2. The second kappa shape index (κ2) is 58.0. The molecule has 4 fully saturated rings. The first-order chi connectivity index (χ1) is 69.4. The van der Waals surface area contributed by atoms with Crippen LogP contribution in [0.2, 0.25) is 0 Å². The smallest absolute Gasteiger partial charge is 0.326 e. The van der Waals surface area contributed by atoms with Crippen molar-refractivity contribution in [3.05, 3.63) is 102 Å². The van der Waals surface area contributed by atoms with Crippen molar-refractivity contribution in [2.75, 3.05) is 63.9 Å². The van der Waals surface area contributed by atoms with Crippen LogP contribution in [0.1, 0.15) is 162 Å². The first-order valence-corrected chi connectivity index (χ1v) is 51.7. The molecule has 50 heteroatoms. The van der Waals surface area contributed by atoms with Crippen LogP contribution in [0, 0.1) is 28.6 Å². The first-order valence-electron chi connectivity index (χ1n) is 49.3. The zero-order chi connectivity index (χ0) is 107. The number of para-hydroxylation sites is 1. The lowest BCUT2D eigenvalue weighted by Crippen LogP contribution is -2.62. The Labute approximate surface area is 854 Å². The van der Waals surface area contributed by atoms with Crippen molar-refractivity contribution in [2.24, 2.45) is 40.7 Å². The molecule has 0 bridgehead atoms. The highest BCUT2D eigenvalue weighted by atomic mass is 33.1. The molecule has 3 aromatic carbocycles. The van der Waals surface area contributed by atoms with E-state index in [1.807, 2.05) is 13.8 Å². The van der Waals surface area contributed by atoms with Crippen LogP contribution < -0.4 is 108 Å². The van der Waals surface area contributed by atoms with E-state index in [1.54, 1.807) is 82.3 Å². The number of carboxylic acids is 1. The Hall–Kier alpha value is -13.5. The molecule has 5 heterocycles. The number of fused-ring (bicyclic) bond motifs is 4. The van der Waals surface area contributed by atoms with Crippen LogP contribution >= 0.6 is 21.6 Å². The number of carbonyl (C=O) groups is 18. The molecule has 4 aromatic rings. The van der Waals surface area contributed by atoms with Crippen LogP contribution in [0.5, 0.6) is 5.75 Å². The Bertz CT molecular complexity index is 5210. The number of aromatic nitrogens is 1. The number of amides is 17. The quantitative estimate of drug-likeness (QED) is 0.00867. The van der Waals surface area contributed by atoms with E-state index in [1.165, 1.54) is 52.1 Å². The maximum atomic E-state index is 15.7. The van der Waals surface area contributed by atoms with E-state index < -0.39 is 264 Å². The van der Waals surface area contributed by atoms with E-state index in [-0.39, 0.29) is 153 Å². The second-order valence-electron chi connectivity index (χ2n) is 38.0. The number of phenols is 1. The number of guanidine groups is 2. The lowest BCUT2D eigenvalue weighted by atomic mass is 10.00. The van der Waals surface area contributed by atoms with Gasteiger partial charge in [-0.2, -0.15) is 0 Å². The van der Waals surface area contributed by atoms with Crippen LogP contribution in [0.15, 0.2) is 85.1 Å². The van der Waals surface area contributed by atoms with Gasteiger partial charge < -0.3 is 148 Å². The molecule has 31 N–H and O–H groups in total. The summed E-state index contributed by atoms with van der Waals surface area (Å²) >= 11 is 0. The van der Waals surface area contributed by atoms with Gasteiger partial charge in [-0.25, -0.2) is 4.79 Å². The number of nitrogens with two attached hydrogens (primary N) is 4. The number of hydrogen-bond acceptors (Lipinski definition) is 27. The number of rotatable bonds is 39. The van der Waals surface area contributed by atoms with Gasteiger partial charge in [-0.1, -0.05) is 124 Å². The Morgan fingerprint density at radius 2 is 1.05 bits per heavy atom. The Balaban J connectivity index is 1.22. The summed E-state index contributed by atoms with van der Waals surface area (Å²) in [5, 5.41) is 101. The SMILES string of the molecule is CC(C)C[C@H](N)C(=O)N[C@H](C(=O)N[C@@H](CCCNC(=N)N)C(=O)NCC(=O)N[C@H]1CSSC[C@@H](C(=O)N[C@@H](Cc2ccccc2)C(=O)N[C@H](C(=O)N[C@@H](CCCNC(=N)N)C(=O)O)C(C)C)NC(=O)[C@@H]2CCCN2C(=O)[C@H](C)NC(=O)[C@@H]2CCCN2C(=O)[C@@H]2CCCN2C(=O)[C@H](Cc2ccc(O)cc2)NC(=O)[C@H](CO)NC(=O)[C@H](CCCCN)NC(=O)[C@H]([C@@H](C)O)NC(=O)[C@H](Cc2c[nH]c3ccccc23)NC1=O)C(C)C. The molecular weight excluding hydrogens is 1930 g/mol. The van der Waals surface area contributed by atoms with E-state index in [9.17, 15) is 68.4 Å². The summed E-state index contributed by atoms with van der Waals surface area (Å²) in [6.45, 7) is 10.7. The van der Waals surface area contributed by atoms with Gasteiger partial charge in [0.1, 0.15) is 102 Å². The van der Waals surface area contributed by atoms with Crippen LogP contribution in [-0.2, 0) is 106 Å². The summed E-state index contributed by atoms with van der Waals surface area (Å²) in [7, 11) is 1.58. The van der Waals surface area contributed by atoms with Gasteiger partial charge in [0.05, 0.1) is 25.3 Å². The number of benzene rings is 3. The van der Waals surface area contributed by atoms with Gasteiger partial charge in [0.15, 0.2) is 11.9 Å². The summed E-state index contributed by atoms with van der Waals surface area (Å²) in [6.07, 6.45) is -0.0646. The predicted molar refractivity (Wildman–Crippen MR) is 542 cm³/mol. The van der Waals surface area contributed by atoms with Crippen molar-refractivity contribution in [3.8, 4) is 5.75 Å². The topological polar surface area (TPSA) is 758 Å². The van der Waals surface area contributed by atoms with Crippen molar-refractivity contribution in [3.63, 3.8) is 0 Å². The number of carbonyl (C=O) groups excluding carboxylic acids is 17. The number of aromatic hydroxyl groups is 1. The number of aliphatic hydroxyl groups excluding tert-OH is 2. The number of nitrogens with zero attached hydrogens (tertiary/aromatic N) is 3. The van der Waals surface area contributed by atoms with Crippen LogP contribution in [0.4, 0.5) is 0 Å². The van der Waals surface area contributed by atoms with Gasteiger partial charge in [-0.05, 0) is 163 Å². The fourth-order valence-corrected chi connectivity index (χ4v) is 19.8. The van der Waals surface area contributed by atoms with Gasteiger partial charge in [0.2, 0.25) is 100 Å². The van der Waals surface area contributed by atoms with E-state index >= 15 is 38.4 Å². The largest absolute Gasteiger partial charge is 0.508 e. The van der Waals surface area contributed by atoms with Crippen molar-refractivity contribution < 1.29 is 107 Å². The van der Waals surface area contributed by atoms with E-state index in [0.29, 0.717) is 34.0 Å². The van der Waals surface area contributed by atoms with Crippen molar-refractivity contribution in [1.29, 1.82) is 10.8 Å². The Morgan fingerprint density at radius 3 is 1.64 bits per heavy atom. The number of unbranched alkanes of at least 4 members (excludes halogenated alkanes) is 1. The Morgan fingerprint density at radius 1 is 0.521 bits per heavy atom. The normalized spacial score (nSPS) is 22.6. The summed E-state index contributed by atoms with van der Waals surface area (Å²) in [6, 6.07) is -5.40. The third kappa shape index (κ3) is 35.7. The highest BCUT2D eigenvalue weighted by Gasteiger charge is 2.47.